The van der Waals surface area contributed by atoms with Crippen LogP contribution in [0.2, 0.25) is 0 Å². The molecule has 90 valence electrons. The molecule has 1 unspecified atom stereocenters. The van der Waals surface area contributed by atoms with Crippen molar-refractivity contribution in [2.24, 2.45) is 5.92 Å². The maximum Gasteiger partial charge on any atom is 0.343 e. The summed E-state index contributed by atoms with van der Waals surface area (Å²) < 4.78 is 1.58. The van der Waals surface area contributed by atoms with Crippen molar-refractivity contribution in [3.8, 4) is 0 Å². The summed E-state index contributed by atoms with van der Waals surface area (Å²) in [5.74, 6) is 1.60. The van der Waals surface area contributed by atoms with E-state index in [0.717, 1.165) is 25.5 Å². The number of hydrogen-bond acceptors (Lipinski definition) is 3. The van der Waals surface area contributed by atoms with E-state index < -0.39 is 0 Å². The standard InChI is InChI=1S/C11H20N4O/c1-8(2)10-13-11(16)15(14-10)7-9-4-3-5-12-6-9/h8-9,12H,3-7H2,1-2H3,(H,13,14,16). The second-order valence-electron chi connectivity index (χ2n) is 4.86. The smallest absolute Gasteiger partial charge is 0.316 e. The highest BCUT2D eigenvalue weighted by Gasteiger charge is 2.16. The Morgan fingerprint density at radius 3 is 2.94 bits per heavy atom. The van der Waals surface area contributed by atoms with E-state index in [1.54, 1.807) is 4.68 Å². The van der Waals surface area contributed by atoms with Crippen molar-refractivity contribution in [3.05, 3.63) is 16.3 Å². The summed E-state index contributed by atoms with van der Waals surface area (Å²) in [6, 6.07) is 0. The van der Waals surface area contributed by atoms with Crippen LogP contribution in [0, 0.1) is 5.92 Å². The minimum absolute atomic E-state index is 0.0747. The zero-order chi connectivity index (χ0) is 11.5. The molecule has 0 radical (unpaired) electrons. The number of H-pyrrole nitrogens is 1. The third-order valence-corrected chi connectivity index (χ3v) is 3.07. The summed E-state index contributed by atoms with van der Waals surface area (Å²) in [6.45, 7) is 6.89. The summed E-state index contributed by atoms with van der Waals surface area (Å²) in [7, 11) is 0. The molecule has 0 aliphatic carbocycles. The Morgan fingerprint density at radius 1 is 1.56 bits per heavy atom. The highest BCUT2D eigenvalue weighted by atomic mass is 16.1. The van der Waals surface area contributed by atoms with E-state index in [-0.39, 0.29) is 11.6 Å². The highest BCUT2D eigenvalue weighted by Crippen LogP contribution is 2.12. The normalized spacial score (nSPS) is 21.6. The molecule has 1 atom stereocenters. The number of nitrogens with one attached hydrogen (secondary N) is 2. The van der Waals surface area contributed by atoms with E-state index in [4.69, 9.17) is 0 Å². The zero-order valence-corrected chi connectivity index (χ0v) is 9.99. The summed E-state index contributed by atoms with van der Waals surface area (Å²) in [5.41, 5.74) is -0.0747. The van der Waals surface area contributed by atoms with Gasteiger partial charge in [-0.3, -0.25) is 4.98 Å². The summed E-state index contributed by atoms with van der Waals surface area (Å²) in [4.78, 5) is 14.5. The molecule has 5 heteroatoms. The molecule has 2 rings (SSSR count). The van der Waals surface area contributed by atoms with E-state index in [0.29, 0.717) is 5.92 Å². The third-order valence-electron chi connectivity index (χ3n) is 3.07. The second kappa shape index (κ2) is 4.82. The van der Waals surface area contributed by atoms with Gasteiger partial charge in [-0.1, -0.05) is 13.8 Å². The molecule has 0 amide bonds. The Balaban J connectivity index is 2.05. The molecule has 2 N–H and O–H groups in total. The molecule has 1 aromatic heterocycles. The van der Waals surface area contributed by atoms with Gasteiger partial charge < -0.3 is 5.32 Å². The fourth-order valence-electron chi connectivity index (χ4n) is 2.08. The average molecular weight is 224 g/mol. The molecule has 5 nitrogen and oxygen atoms in total. The molecule has 0 saturated carbocycles. The molecule has 1 aliphatic heterocycles. The Kier molecular flexibility index (Phi) is 3.43. The van der Waals surface area contributed by atoms with Crippen LogP contribution < -0.4 is 11.0 Å². The van der Waals surface area contributed by atoms with Crippen LogP contribution in [0.3, 0.4) is 0 Å². The number of nitrogens with zero attached hydrogens (tertiary/aromatic N) is 2. The average Bonchev–Trinajstić information content (AvgIpc) is 2.62. The molecule has 16 heavy (non-hydrogen) atoms. The van der Waals surface area contributed by atoms with E-state index in [2.05, 4.69) is 15.4 Å². The maximum atomic E-state index is 11.6. The van der Waals surface area contributed by atoms with Crippen LogP contribution in [0.1, 0.15) is 38.4 Å². The van der Waals surface area contributed by atoms with Crippen LogP contribution in [0.4, 0.5) is 0 Å². The maximum absolute atomic E-state index is 11.6. The Morgan fingerprint density at radius 2 is 2.38 bits per heavy atom. The van der Waals surface area contributed by atoms with Gasteiger partial charge in [0.2, 0.25) is 0 Å². The van der Waals surface area contributed by atoms with E-state index in [1.807, 2.05) is 13.8 Å². The van der Waals surface area contributed by atoms with E-state index in [9.17, 15) is 4.79 Å². The number of aromatic amines is 1. The van der Waals surface area contributed by atoms with Crippen molar-refractivity contribution in [1.82, 2.24) is 20.1 Å². The van der Waals surface area contributed by atoms with E-state index >= 15 is 0 Å². The predicted octanol–water partition coefficient (Wildman–Crippen LogP) is 0.694. The lowest BCUT2D eigenvalue weighted by atomic mass is 10.00. The van der Waals surface area contributed by atoms with Gasteiger partial charge in [0.1, 0.15) is 5.82 Å². The molecule has 1 fully saturated rings. The quantitative estimate of drug-likeness (QED) is 0.794. The predicted molar refractivity (Wildman–Crippen MR) is 62.5 cm³/mol. The van der Waals surface area contributed by atoms with Gasteiger partial charge in [-0.15, -0.1) is 0 Å². The van der Waals surface area contributed by atoms with Gasteiger partial charge in [-0.2, -0.15) is 5.10 Å². The van der Waals surface area contributed by atoms with Gasteiger partial charge in [0.05, 0.1) is 6.54 Å². The topological polar surface area (TPSA) is 62.7 Å². The van der Waals surface area contributed by atoms with Crippen molar-refractivity contribution in [1.29, 1.82) is 0 Å². The first-order chi connectivity index (χ1) is 7.66. The zero-order valence-electron chi connectivity index (χ0n) is 9.99. The van der Waals surface area contributed by atoms with Crippen LogP contribution in [0.5, 0.6) is 0 Å². The first-order valence-corrected chi connectivity index (χ1v) is 6.04. The first kappa shape index (κ1) is 11.4. The van der Waals surface area contributed by atoms with Gasteiger partial charge in [0.15, 0.2) is 0 Å². The van der Waals surface area contributed by atoms with Gasteiger partial charge in [-0.05, 0) is 31.8 Å². The van der Waals surface area contributed by atoms with Crippen molar-refractivity contribution < 1.29 is 0 Å². The van der Waals surface area contributed by atoms with Crippen molar-refractivity contribution in [2.45, 2.75) is 39.2 Å². The Labute approximate surface area is 95.2 Å². The van der Waals surface area contributed by atoms with Crippen LogP contribution in [0.25, 0.3) is 0 Å². The molecule has 0 aromatic carbocycles. The van der Waals surface area contributed by atoms with Crippen LogP contribution in [0.15, 0.2) is 4.79 Å². The number of aromatic nitrogens is 3. The van der Waals surface area contributed by atoms with Crippen LogP contribution in [-0.2, 0) is 6.54 Å². The lowest BCUT2D eigenvalue weighted by Gasteiger charge is -2.21. The molecule has 0 spiro atoms. The van der Waals surface area contributed by atoms with Gasteiger partial charge in [0.25, 0.3) is 0 Å². The van der Waals surface area contributed by atoms with Gasteiger partial charge in [0, 0.05) is 5.92 Å². The summed E-state index contributed by atoms with van der Waals surface area (Å²) >= 11 is 0. The minimum Gasteiger partial charge on any atom is -0.316 e. The van der Waals surface area contributed by atoms with Gasteiger partial charge in [-0.25, -0.2) is 9.48 Å². The monoisotopic (exact) mass is 224 g/mol. The Bertz CT molecular complexity index is 387. The Hall–Kier alpha value is -1.10. The molecular formula is C11H20N4O. The molecule has 1 saturated heterocycles. The fraction of sp³-hybridized carbons (Fsp3) is 0.818. The van der Waals surface area contributed by atoms with Crippen LogP contribution >= 0.6 is 0 Å². The number of piperidine rings is 1. The minimum atomic E-state index is -0.0747. The largest absolute Gasteiger partial charge is 0.343 e. The number of hydrogen-bond donors (Lipinski definition) is 2. The third kappa shape index (κ3) is 2.52. The van der Waals surface area contributed by atoms with Gasteiger partial charge >= 0.3 is 5.69 Å². The summed E-state index contributed by atoms with van der Waals surface area (Å²) in [5, 5.41) is 7.67. The van der Waals surface area contributed by atoms with E-state index in [1.165, 1.54) is 12.8 Å². The molecule has 2 heterocycles. The summed E-state index contributed by atoms with van der Waals surface area (Å²) in [6.07, 6.45) is 2.38. The first-order valence-electron chi connectivity index (χ1n) is 6.04. The lowest BCUT2D eigenvalue weighted by molar-refractivity contribution is 0.320. The van der Waals surface area contributed by atoms with Crippen molar-refractivity contribution in [2.75, 3.05) is 13.1 Å². The van der Waals surface area contributed by atoms with Crippen molar-refractivity contribution in [3.63, 3.8) is 0 Å². The molecule has 1 aromatic rings. The van der Waals surface area contributed by atoms with Crippen LogP contribution in [-0.4, -0.2) is 27.9 Å². The molecular weight excluding hydrogens is 204 g/mol. The number of rotatable bonds is 3. The SMILES string of the molecule is CC(C)c1nn(CC2CCCNC2)c(=O)[nH]1. The van der Waals surface area contributed by atoms with Crippen molar-refractivity contribution >= 4 is 0 Å². The fourth-order valence-corrected chi connectivity index (χ4v) is 2.08. The second-order valence-corrected chi connectivity index (χ2v) is 4.86. The highest BCUT2D eigenvalue weighted by molar-refractivity contribution is 4.89. The molecule has 0 bridgehead atoms. The molecule has 1 aliphatic rings. The lowest BCUT2D eigenvalue weighted by Crippen LogP contribution is -2.34.